The number of para-hydroxylation sites is 1. The molecule has 40 heavy (non-hydrogen) atoms. The Labute approximate surface area is 237 Å². The van der Waals surface area contributed by atoms with Gasteiger partial charge in [-0.3, -0.25) is 0 Å². The summed E-state index contributed by atoms with van der Waals surface area (Å²) >= 11 is 1.89. The fraction of sp³-hybridized carbons (Fsp3) is 0. The Morgan fingerprint density at radius 3 is 1.85 bits per heavy atom. The van der Waals surface area contributed by atoms with E-state index in [1.54, 1.807) is 0 Å². The first-order valence-corrected chi connectivity index (χ1v) is 14.4. The van der Waals surface area contributed by atoms with Gasteiger partial charge in [0.2, 0.25) is 0 Å². The second-order valence-corrected chi connectivity index (χ2v) is 11.2. The van der Waals surface area contributed by atoms with Crippen LogP contribution in [-0.2, 0) is 0 Å². The average Bonchev–Trinajstić information content (AvgIpc) is 3.41. The molecule has 0 atom stereocenters. The average molecular weight is 528 g/mol. The van der Waals surface area contributed by atoms with E-state index in [0.717, 1.165) is 17.1 Å². The van der Waals surface area contributed by atoms with Gasteiger partial charge in [0.25, 0.3) is 0 Å². The number of hydrogen-bond donors (Lipinski definition) is 0. The minimum Gasteiger partial charge on any atom is -0.310 e. The second-order valence-electron chi connectivity index (χ2n) is 10.2. The Bertz CT molecular complexity index is 2160. The van der Waals surface area contributed by atoms with Crippen LogP contribution < -0.4 is 4.90 Å². The van der Waals surface area contributed by atoms with E-state index in [-0.39, 0.29) is 0 Å². The van der Waals surface area contributed by atoms with Gasteiger partial charge in [-0.05, 0) is 75.8 Å². The molecule has 8 rings (SSSR count). The highest BCUT2D eigenvalue weighted by Crippen LogP contribution is 2.43. The van der Waals surface area contributed by atoms with Crippen LogP contribution in [0, 0.1) is 0 Å². The lowest BCUT2D eigenvalue weighted by atomic mass is 9.95. The summed E-state index contributed by atoms with van der Waals surface area (Å²) in [5.41, 5.74) is 5.92. The van der Waals surface area contributed by atoms with Crippen LogP contribution in [0.15, 0.2) is 152 Å². The van der Waals surface area contributed by atoms with Gasteiger partial charge in [-0.1, -0.05) is 103 Å². The molecule has 0 bridgehead atoms. The topological polar surface area (TPSA) is 3.24 Å². The Balaban J connectivity index is 1.29. The number of anilines is 3. The standard InChI is InChI=1S/C38H25NS/c1-2-12-29(13-3-1)39(31-23-18-26-10-4-5-11-28(26)24-31)30-21-19-27(20-22-30)35-25-36-33-15-8-9-17-37(33)40-38(36)34-16-7-6-14-32(34)35/h1-25H. The van der Waals surface area contributed by atoms with Gasteiger partial charge in [-0.25, -0.2) is 0 Å². The van der Waals surface area contributed by atoms with Crippen molar-refractivity contribution in [2.75, 3.05) is 4.90 Å². The van der Waals surface area contributed by atoms with Gasteiger partial charge in [0.1, 0.15) is 0 Å². The van der Waals surface area contributed by atoms with Crippen molar-refractivity contribution < 1.29 is 0 Å². The van der Waals surface area contributed by atoms with Crippen molar-refractivity contribution >= 4 is 70.1 Å². The van der Waals surface area contributed by atoms with E-state index in [1.165, 1.54) is 52.8 Å². The van der Waals surface area contributed by atoms with Crippen molar-refractivity contribution in [2.45, 2.75) is 0 Å². The molecule has 0 aliphatic rings. The molecular weight excluding hydrogens is 502 g/mol. The van der Waals surface area contributed by atoms with Crippen LogP contribution >= 0.6 is 11.3 Å². The molecule has 1 aromatic heterocycles. The molecule has 2 heteroatoms. The Kier molecular flexibility index (Phi) is 5.39. The molecular formula is C38H25NS. The fourth-order valence-corrected chi connectivity index (χ4v) is 7.14. The maximum absolute atomic E-state index is 2.39. The van der Waals surface area contributed by atoms with Gasteiger partial charge in [-0.15, -0.1) is 11.3 Å². The summed E-state index contributed by atoms with van der Waals surface area (Å²) in [5.74, 6) is 0. The lowest BCUT2D eigenvalue weighted by Crippen LogP contribution is -2.09. The maximum atomic E-state index is 2.39. The van der Waals surface area contributed by atoms with Crippen LogP contribution in [0.25, 0.3) is 52.8 Å². The highest BCUT2D eigenvalue weighted by molar-refractivity contribution is 7.26. The molecule has 0 N–H and O–H groups in total. The van der Waals surface area contributed by atoms with Crippen molar-refractivity contribution in [3.8, 4) is 11.1 Å². The van der Waals surface area contributed by atoms with Crippen LogP contribution in [0.4, 0.5) is 17.1 Å². The number of benzene rings is 7. The summed E-state index contributed by atoms with van der Waals surface area (Å²) in [6.45, 7) is 0. The number of hydrogen-bond acceptors (Lipinski definition) is 2. The van der Waals surface area contributed by atoms with E-state index >= 15 is 0 Å². The molecule has 8 aromatic rings. The smallest absolute Gasteiger partial charge is 0.0468 e. The quantitative estimate of drug-likeness (QED) is 0.220. The second kappa shape index (κ2) is 9.37. The van der Waals surface area contributed by atoms with E-state index < -0.39 is 0 Å². The van der Waals surface area contributed by atoms with E-state index in [2.05, 4.69) is 157 Å². The number of rotatable bonds is 4. The third-order valence-corrected chi connectivity index (χ3v) is 9.05. The monoisotopic (exact) mass is 527 g/mol. The van der Waals surface area contributed by atoms with Crippen LogP contribution in [-0.4, -0.2) is 0 Å². The van der Waals surface area contributed by atoms with Crippen molar-refractivity contribution in [1.29, 1.82) is 0 Å². The van der Waals surface area contributed by atoms with Crippen LogP contribution in [0.5, 0.6) is 0 Å². The van der Waals surface area contributed by atoms with Gasteiger partial charge in [-0.2, -0.15) is 0 Å². The largest absolute Gasteiger partial charge is 0.310 e. The molecule has 0 aliphatic heterocycles. The molecule has 1 nitrogen and oxygen atoms in total. The van der Waals surface area contributed by atoms with Crippen LogP contribution in [0.1, 0.15) is 0 Å². The third-order valence-electron chi connectivity index (χ3n) is 7.83. The number of thiophene rings is 1. The zero-order valence-corrected chi connectivity index (χ0v) is 22.6. The lowest BCUT2D eigenvalue weighted by molar-refractivity contribution is 1.29. The van der Waals surface area contributed by atoms with Crippen molar-refractivity contribution in [2.24, 2.45) is 0 Å². The molecule has 0 saturated carbocycles. The SMILES string of the molecule is c1ccc(N(c2ccc(-c3cc4c5ccccc5sc4c4ccccc34)cc2)c2ccc3ccccc3c2)cc1. The molecule has 1 heterocycles. The Morgan fingerprint density at radius 2 is 1.02 bits per heavy atom. The first kappa shape index (κ1) is 23.0. The van der Waals surface area contributed by atoms with Gasteiger partial charge >= 0.3 is 0 Å². The molecule has 7 aromatic carbocycles. The highest BCUT2D eigenvalue weighted by atomic mass is 32.1. The summed E-state index contributed by atoms with van der Waals surface area (Å²) < 4.78 is 2.70. The first-order valence-electron chi connectivity index (χ1n) is 13.6. The molecule has 0 unspecified atom stereocenters. The summed E-state index contributed by atoms with van der Waals surface area (Å²) in [4.78, 5) is 2.34. The Morgan fingerprint density at radius 1 is 0.400 bits per heavy atom. The first-order chi connectivity index (χ1) is 19.8. The summed E-state index contributed by atoms with van der Waals surface area (Å²) in [7, 11) is 0. The predicted molar refractivity (Wildman–Crippen MR) is 174 cm³/mol. The van der Waals surface area contributed by atoms with E-state index in [9.17, 15) is 0 Å². The third kappa shape index (κ3) is 3.77. The molecule has 0 fully saturated rings. The predicted octanol–water partition coefficient (Wildman–Crippen LogP) is 11.5. The molecule has 0 amide bonds. The van der Waals surface area contributed by atoms with Crippen LogP contribution in [0.3, 0.4) is 0 Å². The molecule has 0 aliphatic carbocycles. The van der Waals surface area contributed by atoms with E-state index in [0.29, 0.717) is 0 Å². The number of nitrogens with zero attached hydrogens (tertiary/aromatic N) is 1. The van der Waals surface area contributed by atoms with Gasteiger partial charge in [0.15, 0.2) is 0 Å². The summed E-state index contributed by atoms with van der Waals surface area (Å²) in [6.07, 6.45) is 0. The molecule has 0 spiro atoms. The van der Waals surface area contributed by atoms with E-state index in [4.69, 9.17) is 0 Å². The van der Waals surface area contributed by atoms with Crippen molar-refractivity contribution in [1.82, 2.24) is 0 Å². The minimum absolute atomic E-state index is 1.14. The summed E-state index contributed by atoms with van der Waals surface area (Å²) in [5, 5.41) is 7.77. The van der Waals surface area contributed by atoms with Crippen molar-refractivity contribution in [3.63, 3.8) is 0 Å². The number of fused-ring (bicyclic) bond motifs is 6. The van der Waals surface area contributed by atoms with Gasteiger partial charge < -0.3 is 4.90 Å². The zero-order valence-electron chi connectivity index (χ0n) is 21.8. The zero-order chi connectivity index (χ0) is 26.5. The normalized spacial score (nSPS) is 11.5. The molecule has 188 valence electrons. The fourth-order valence-electron chi connectivity index (χ4n) is 5.92. The van der Waals surface area contributed by atoms with Crippen molar-refractivity contribution in [3.05, 3.63) is 152 Å². The highest BCUT2D eigenvalue weighted by Gasteiger charge is 2.16. The molecule has 0 saturated heterocycles. The minimum atomic E-state index is 1.14. The van der Waals surface area contributed by atoms with Crippen LogP contribution in [0.2, 0.25) is 0 Å². The molecule has 0 radical (unpaired) electrons. The summed E-state index contributed by atoms with van der Waals surface area (Å²) in [6, 6.07) is 54.9. The maximum Gasteiger partial charge on any atom is 0.0468 e. The van der Waals surface area contributed by atoms with Gasteiger partial charge in [0, 0.05) is 42.6 Å². The van der Waals surface area contributed by atoms with Gasteiger partial charge in [0.05, 0.1) is 0 Å². The lowest BCUT2D eigenvalue weighted by Gasteiger charge is -2.26. The van der Waals surface area contributed by atoms with E-state index in [1.807, 2.05) is 11.3 Å². The Hall–Kier alpha value is -4.92.